The average molecular weight is 334 g/mol. The standard InChI is InChI=1S/C17H22N2O3S/c20-16(18-14-6-4-5-7-14)17-12-13(17)10-11-19(17)23(21,22)15-8-2-1-3-9-15/h1-3,8-9,13-14H,4-7,10-12H2,(H,18,20)/t13-,17+/m0/s1. The first-order valence-electron chi connectivity index (χ1n) is 8.44. The van der Waals surface area contributed by atoms with Crippen molar-refractivity contribution in [1.82, 2.24) is 9.62 Å². The third-order valence-corrected chi connectivity index (χ3v) is 7.57. The minimum absolute atomic E-state index is 0.0774. The number of fused-ring (bicyclic) bond motifs is 1. The van der Waals surface area contributed by atoms with Gasteiger partial charge in [0.1, 0.15) is 5.54 Å². The fourth-order valence-corrected chi connectivity index (χ4v) is 6.10. The highest BCUT2D eigenvalue weighted by Crippen LogP contribution is 2.57. The van der Waals surface area contributed by atoms with E-state index in [2.05, 4.69) is 5.32 Å². The summed E-state index contributed by atoms with van der Waals surface area (Å²) in [5.41, 5.74) is -0.822. The summed E-state index contributed by atoms with van der Waals surface area (Å²) in [6.07, 6.45) is 5.76. The summed E-state index contributed by atoms with van der Waals surface area (Å²) in [5, 5.41) is 3.11. The molecule has 1 N–H and O–H groups in total. The van der Waals surface area contributed by atoms with Crippen LogP contribution < -0.4 is 5.32 Å². The summed E-state index contributed by atoms with van der Waals surface area (Å²) >= 11 is 0. The van der Waals surface area contributed by atoms with Gasteiger partial charge in [-0.2, -0.15) is 4.31 Å². The number of carbonyl (C=O) groups excluding carboxylic acids is 1. The lowest BCUT2D eigenvalue weighted by Gasteiger charge is -2.28. The van der Waals surface area contributed by atoms with Crippen LogP contribution in [0.2, 0.25) is 0 Å². The van der Waals surface area contributed by atoms with E-state index in [9.17, 15) is 13.2 Å². The Morgan fingerprint density at radius 3 is 2.48 bits per heavy atom. The lowest BCUT2D eigenvalue weighted by molar-refractivity contribution is -0.126. The molecular weight excluding hydrogens is 312 g/mol. The number of carbonyl (C=O) groups is 1. The fraction of sp³-hybridized carbons (Fsp3) is 0.588. The second kappa shape index (κ2) is 5.31. The van der Waals surface area contributed by atoms with E-state index in [1.54, 1.807) is 30.3 Å². The molecule has 0 bridgehead atoms. The van der Waals surface area contributed by atoms with E-state index >= 15 is 0 Å². The molecule has 1 saturated heterocycles. The van der Waals surface area contributed by atoms with Crippen LogP contribution in [-0.4, -0.2) is 36.8 Å². The number of amides is 1. The largest absolute Gasteiger partial charge is 0.352 e. The molecule has 2 saturated carbocycles. The topological polar surface area (TPSA) is 66.5 Å². The van der Waals surface area contributed by atoms with Gasteiger partial charge in [-0.05, 0) is 43.7 Å². The molecule has 1 aromatic rings. The predicted octanol–water partition coefficient (Wildman–Crippen LogP) is 1.90. The summed E-state index contributed by atoms with van der Waals surface area (Å²) in [6, 6.07) is 8.67. The fourth-order valence-electron chi connectivity index (χ4n) is 4.26. The third-order valence-electron chi connectivity index (χ3n) is 5.61. The lowest BCUT2D eigenvalue weighted by Crippen LogP contribution is -2.52. The molecular formula is C17H22N2O3S. The van der Waals surface area contributed by atoms with E-state index in [-0.39, 0.29) is 22.8 Å². The maximum absolute atomic E-state index is 13.0. The zero-order valence-electron chi connectivity index (χ0n) is 13.1. The second-order valence-electron chi connectivity index (χ2n) is 6.96. The van der Waals surface area contributed by atoms with E-state index in [1.165, 1.54) is 4.31 Å². The zero-order valence-corrected chi connectivity index (χ0v) is 13.9. The van der Waals surface area contributed by atoms with Gasteiger partial charge >= 0.3 is 0 Å². The van der Waals surface area contributed by atoms with E-state index in [0.717, 1.165) is 32.1 Å². The van der Waals surface area contributed by atoms with Crippen molar-refractivity contribution in [3.63, 3.8) is 0 Å². The van der Waals surface area contributed by atoms with Crippen LogP contribution in [0.5, 0.6) is 0 Å². The van der Waals surface area contributed by atoms with Crippen molar-refractivity contribution >= 4 is 15.9 Å². The summed E-state index contributed by atoms with van der Waals surface area (Å²) in [6.45, 7) is 0.444. The number of piperidine rings is 1. The lowest BCUT2D eigenvalue weighted by atomic mass is 10.2. The van der Waals surface area contributed by atoms with Crippen molar-refractivity contribution in [3.8, 4) is 0 Å². The molecule has 1 heterocycles. The van der Waals surface area contributed by atoms with Gasteiger partial charge in [-0.25, -0.2) is 8.42 Å². The molecule has 4 rings (SSSR count). The van der Waals surface area contributed by atoms with Crippen molar-refractivity contribution in [3.05, 3.63) is 30.3 Å². The first-order valence-corrected chi connectivity index (χ1v) is 9.88. The Morgan fingerprint density at radius 1 is 1.13 bits per heavy atom. The predicted molar refractivity (Wildman–Crippen MR) is 86.2 cm³/mol. The molecule has 1 amide bonds. The normalized spacial score (nSPS) is 31.0. The molecule has 0 unspecified atom stereocenters. The van der Waals surface area contributed by atoms with E-state index in [1.807, 2.05) is 0 Å². The molecule has 1 aliphatic heterocycles. The molecule has 1 aromatic carbocycles. The number of nitrogens with one attached hydrogen (secondary N) is 1. The molecule has 3 aliphatic rings. The second-order valence-corrected chi connectivity index (χ2v) is 8.82. The number of hydrogen-bond donors (Lipinski definition) is 1. The minimum atomic E-state index is -3.61. The van der Waals surface area contributed by atoms with Crippen LogP contribution in [0.3, 0.4) is 0 Å². The van der Waals surface area contributed by atoms with Crippen LogP contribution in [0.1, 0.15) is 38.5 Å². The van der Waals surface area contributed by atoms with Gasteiger partial charge in [-0.3, -0.25) is 4.79 Å². The SMILES string of the molecule is O=C(NC1CCCC1)[C@@]12C[C@@H]1CCN2S(=O)(=O)c1ccccc1. The molecule has 23 heavy (non-hydrogen) atoms. The van der Waals surface area contributed by atoms with Crippen molar-refractivity contribution in [2.45, 2.75) is 55.0 Å². The van der Waals surface area contributed by atoms with Gasteiger partial charge < -0.3 is 5.32 Å². The van der Waals surface area contributed by atoms with Crippen LogP contribution in [0.25, 0.3) is 0 Å². The van der Waals surface area contributed by atoms with Crippen LogP contribution in [-0.2, 0) is 14.8 Å². The number of hydrogen-bond acceptors (Lipinski definition) is 3. The maximum Gasteiger partial charge on any atom is 0.244 e. The smallest absolute Gasteiger partial charge is 0.244 e. The molecule has 124 valence electrons. The van der Waals surface area contributed by atoms with Crippen LogP contribution in [0, 0.1) is 5.92 Å². The summed E-state index contributed by atoms with van der Waals surface area (Å²) in [5.74, 6) is 0.105. The summed E-state index contributed by atoms with van der Waals surface area (Å²) in [4.78, 5) is 13.1. The zero-order chi connectivity index (χ0) is 16.1. The number of rotatable bonds is 4. The molecule has 0 aromatic heterocycles. The average Bonchev–Trinajstić information content (AvgIpc) is 2.91. The highest BCUT2D eigenvalue weighted by atomic mass is 32.2. The van der Waals surface area contributed by atoms with Crippen LogP contribution in [0.15, 0.2) is 35.2 Å². The monoisotopic (exact) mass is 334 g/mol. The summed E-state index contributed by atoms with van der Waals surface area (Å²) in [7, 11) is -3.61. The Bertz CT molecular complexity index is 713. The van der Waals surface area contributed by atoms with Crippen molar-refractivity contribution in [2.24, 2.45) is 5.92 Å². The molecule has 5 nitrogen and oxygen atoms in total. The van der Waals surface area contributed by atoms with E-state index < -0.39 is 15.6 Å². The van der Waals surface area contributed by atoms with Crippen molar-refractivity contribution in [1.29, 1.82) is 0 Å². The molecule has 3 fully saturated rings. The molecule has 0 spiro atoms. The highest BCUT2D eigenvalue weighted by molar-refractivity contribution is 7.89. The van der Waals surface area contributed by atoms with Gasteiger partial charge in [-0.15, -0.1) is 0 Å². The summed E-state index contributed by atoms with van der Waals surface area (Å²) < 4.78 is 27.4. The maximum atomic E-state index is 13.0. The highest BCUT2D eigenvalue weighted by Gasteiger charge is 2.70. The van der Waals surface area contributed by atoms with Crippen LogP contribution >= 0.6 is 0 Å². The first-order chi connectivity index (χ1) is 11.0. The van der Waals surface area contributed by atoms with Crippen molar-refractivity contribution in [2.75, 3.05) is 6.54 Å². The van der Waals surface area contributed by atoms with Gasteiger partial charge in [0.2, 0.25) is 15.9 Å². The number of sulfonamides is 1. The molecule has 2 atom stereocenters. The van der Waals surface area contributed by atoms with E-state index in [4.69, 9.17) is 0 Å². The Hall–Kier alpha value is -1.40. The van der Waals surface area contributed by atoms with Crippen molar-refractivity contribution < 1.29 is 13.2 Å². The van der Waals surface area contributed by atoms with Gasteiger partial charge in [0.05, 0.1) is 4.90 Å². The quantitative estimate of drug-likeness (QED) is 0.914. The Kier molecular flexibility index (Phi) is 3.50. The van der Waals surface area contributed by atoms with Gasteiger partial charge in [0.25, 0.3) is 0 Å². The molecule has 0 radical (unpaired) electrons. The third kappa shape index (κ3) is 2.31. The Balaban J connectivity index is 1.60. The van der Waals surface area contributed by atoms with Gasteiger partial charge in [0, 0.05) is 12.6 Å². The van der Waals surface area contributed by atoms with Crippen LogP contribution in [0.4, 0.5) is 0 Å². The van der Waals surface area contributed by atoms with E-state index in [0.29, 0.717) is 13.0 Å². The Labute approximate surface area is 137 Å². The first kappa shape index (κ1) is 15.1. The number of nitrogens with zero attached hydrogens (tertiary/aromatic N) is 1. The van der Waals surface area contributed by atoms with Gasteiger partial charge in [-0.1, -0.05) is 31.0 Å². The number of benzene rings is 1. The molecule has 2 aliphatic carbocycles. The Morgan fingerprint density at radius 2 is 1.83 bits per heavy atom. The molecule has 6 heteroatoms. The van der Waals surface area contributed by atoms with Gasteiger partial charge in [0.15, 0.2) is 0 Å². The minimum Gasteiger partial charge on any atom is -0.352 e.